The molecule has 0 radical (unpaired) electrons. The van der Waals surface area contributed by atoms with E-state index in [1.165, 1.54) is 5.56 Å². The number of imide groups is 1. The highest BCUT2D eigenvalue weighted by atomic mass is 16.2. The predicted octanol–water partition coefficient (Wildman–Crippen LogP) is 2.89. The third-order valence-corrected chi connectivity index (χ3v) is 5.67. The first kappa shape index (κ1) is 20.2. The summed E-state index contributed by atoms with van der Waals surface area (Å²) in [6.45, 7) is 6.68. The smallest absolute Gasteiger partial charge is 0.344 e. The van der Waals surface area contributed by atoms with Gasteiger partial charge in [0.15, 0.2) is 0 Å². The van der Waals surface area contributed by atoms with Crippen molar-refractivity contribution in [2.45, 2.75) is 70.9 Å². The van der Waals surface area contributed by atoms with Gasteiger partial charge in [0.25, 0.3) is 5.91 Å². The molecule has 1 saturated carbocycles. The van der Waals surface area contributed by atoms with Gasteiger partial charge < -0.3 is 10.2 Å². The molecule has 7 nitrogen and oxygen atoms in total. The number of benzene rings is 1. The third kappa shape index (κ3) is 4.13. The fourth-order valence-corrected chi connectivity index (χ4v) is 4.04. The summed E-state index contributed by atoms with van der Waals surface area (Å²) in [7, 11) is 0. The first-order chi connectivity index (χ1) is 13.3. The van der Waals surface area contributed by atoms with Crippen molar-refractivity contribution >= 4 is 23.5 Å². The van der Waals surface area contributed by atoms with Gasteiger partial charge in [-0.3, -0.25) is 15.0 Å². The molecule has 0 atom stereocenters. The average molecular weight is 386 g/mol. The van der Waals surface area contributed by atoms with Gasteiger partial charge in [0.05, 0.1) is 0 Å². The van der Waals surface area contributed by atoms with Crippen LogP contribution < -0.4 is 15.6 Å². The summed E-state index contributed by atoms with van der Waals surface area (Å²) in [4.78, 5) is 39.6. The first-order valence-corrected chi connectivity index (χ1v) is 10.1. The lowest BCUT2D eigenvalue weighted by atomic mass is 9.82. The number of carbonyl (C=O) groups excluding carboxylic acids is 3. The maximum absolute atomic E-state index is 12.7. The number of carbonyl (C=O) groups is 3. The van der Waals surface area contributed by atoms with Crippen LogP contribution in [-0.2, 0) is 9.59 Å². The molecule has 7 heteroatoms. The van der Waals surface area contributed by atoms with E-state index < -0.39 is 11.6 Å². The van der Waals surface area contributed by atoms with E-state index in [9.17, 15) is 14.4 Å². The molecule has 2 fully saturated rings. The molecule has 0 aromatic heterocycles. The van der Waals surface area contributed by atoms with Crippen molar-refractivity contribution < 1.29 is 14.4 Å². The van der Waals surface area contributed by atoms with E-state index in [1.54, 1.807) is 0 Å². The number of aryl methyl sites for hydroxylation is 1. The van der Waals surface area contributed by atoms with E-state index in [0.29, 0.717) is 19.4 Å². The Balaban J connectivity index is 1.59. The maximum Gasteiger partial charge on any atom is 0.344 e. The van der Waals surface area contributed by atoms with Crippen LogP contribution in [0.4, 0.5) is 10.5 Å². The van der Waals surface area contributed by atoms with E-state index in [0.717, 1.165) is 30.0 Å². The van der Waals surface area contributed by atoms with Crippen LogP contribution in [0.5, 0.6) is 0 Å². The zero-order chi connectivity index (χ0) is 20.3. The van der Waals surface area contributed by atoms with Crippen LogP contribution in [0.1, 0.15) is 57.9 Å². The van der Waals surface area contributed by atoms with Gasteiger partial charge in [-0.25, -0.2) is 4.79 Å². The zero-order valence-corrected chi connectivity index (χ0v) is 17.0. The molecular weight excluding hydrogens is 356 g/mol. The van der Waals surface area contributed by atoms with Gasteiger partial charge >= 0.3 is 6.03 Å². The molecule has 2 aliphatic rings. The lowest BCUT2D eigenvalue weighted by molar-refractivity contribution is -0.139. The Hall–Kier alpha value is -2.57. The van der Waals surface area contributed by atoms with Crippen molar-refractivity contribution in [1.82, 2.24) is 15.8 Å². The fraction of sp³-hybridized carbons (Fsp3) is 0.571. The Labute approximate surface area is 166 Å². The molecule has 4 amide bonds. The molecule has 1 heterocycles. The molecule has 0 unspecified atom stereocenters. The Morgan fingerprint density at radius 3 is 2.43 bits per heavy atom. The lowest BCUT2D eigenvalue weighted by Gasteiger charge is -2.30. The molecule has 2 N–H and O–H groups in total. The van der Waals surface area contributed by atoms with Crippen molar-refractivity contribution in [3.05, 3.63) is 29.8 Å². The molecule has 1 spiro atoms. The number of hydrogen-bond donors (Lipinski definition) is 2. The minimum atomic E-state index is -0.825. The summed E-state index contributed by atoms with van der Waals surface area (Å²) in [5, 5.41) is 3.68. The van der Waals surface area contributed by atoms with Crippen molar-refractivity contribution in [2.24, 2.45) is 0 Å². The van der Waals surface area contributed by atoms with Gasteiger partial charge in [0.1, 0.15) is 5.54 Å². The Morgan fingerprint density at radius 1 is 1.18 bits per heavy atom. The fourth-order valence-electron chi connectivity index (χ4n) is 4.04. The standard InChI is InChI=1S/C21H30N4O3/c1-15(2)24(17-9-7-16(3)8-10-17)14-11-18(26)23-25-19(27)21(22-20(25)28)12-5-4-6-13-21/h7-10,15H,4-6,11-14H2,1-3H3,(H,22,28)(H,23,26). The Bertz CT molecular complexity index is 739. The number of amides is 4. The van der Waals surface area contributed by atoms with Gasteiger partial charge in [-0.1, -0.05) is 37.0 Å². The van der Waals surface area contributed by atoms with Crippen molar-refractivity contribution in [2.75, 3.05) is 11.4 Å². The highest BCUT2D eigenvalue weighted by molar-refractivity contribution is 6.08. The maximum atomic E-state index is 12.7. The Kier molecular flexibility index (Phi) is 5.91. The highest BCUT2D eigenvalue weighted by Gasteiger charge is 2.52. The van der Waals surface area contributed by atoms with Gasteiger partial charge in [0.2, 0.25) is 5.91 Å². The summed E-state index contributed by atoms with van der Waals surface area (Å²) in [6.07, 6.45) is 4.36. The minimum Gasteiger partial charge on any atom is -0.369 e. The van der Waals surface area contributed by atoms with E-state index >= 15 is 0 Å². The van der Waals surface area contributed by atoms with Crippen LogP contribution in [0.15, 0.2) is 24.3 Å². The van der Waals surface area contributed by atoms with Gasteiger partial charge in [-0.05, 0) is 45.7 Å². The van der Waals surface area contributed by atoms with E-state index in [1.807, 2.05) is 31.2 Å². The number of hydrogen-bond acceptors (Lipinski definition) is 4. The number of nitrogens with zero attached hydrogens (tertiary/aromatic N) is 2. The van der Waals surface area contributed by atoms with Crippen LogP contribution in [-0.4, -0.2) is 41.0 Å². The van der Waals surface area contributed by atoms with Gasteiger partial charge in [-0.15, -0.1) is 0 Å². The van der Waals surface area contributed by atoms with Gasteiger partial charge in [0, 0.05) is 24.7 Å². The number of nitrogens with one attached hydrogen (secondary N) is 2. The van der Waals surface area contributed by atoms with Crippen LogP contribution in [0.3, 0.4) is 0 Å². The molecule has 1 aromatic rings. The highest BCUT2D eigenvalue weighted by Crippen LogP contribution is 2.33. The monoisotopic (exact) mass is 386 g/mol. The topological polar surface area (TPSA) is 81.8 Å². The van der Waals surface area contributed by atoms with Crippen molar-refractivity contribution in [3.63, 3.8) is 0 Å². The second-order valence-electron chi connectivity index (χ2n) is 8.12. The van der Waals surface area contributed by atoms with E-state index in [4.69, 9.17) is 0 Å². The number of urea groups is 1. The summed E-state index contributed by atoms with van der Waals surface area (Å²) >= 11 is 0. The quantitative estimate of drug-likeness (QED) is 0.737. The number of anilines is 1. The second-order valence-corrected chi connectivity index (χ2v) is 8.12. The van der Waals surface area contributed by atoms with Gasteiger partial charge in [-0.2, -0.15) is 5.01 Å². The van der Waals surface area contributed by atoms with E-state index in [-0.39, 0.29) is 24.3 Å². The molecule has 1 aliphatic heterocycles. The normalized spacial score (nSPS) is 18.5. The van der Waals surface area contributed by atoms with Crippen LogP contribution in [0.25, 0.3) is 0 Å². The molecular formula is C21H30N4O3. The molecule has 1 saturated heterocycles. The average Bonchev–Trinajstić information content (AvgIpc) is 2.87. The van der Waals surface area contributed by atoms with E-state index in [2.05, 4.69) is 29.5 Å². The summed E-state index contributed by atoms with van der Waals surface area (Å²) in [6, 6.07) is 7.86. The molecule has 152 valence electrons. The third-order valence-electron chi connectivity index (χ3n) is 5.67. The first-order valence-electron chi connectivity index (χ1n) is 10.1. The van der Waals surface area contributed by atoms with Crippen LogP contribution >= 0.6 is 0 Å². The van der Waals surface area contributed by atoms with Crippen LogP contribution in [0, 0.1) is 6.92 Å². The second kappa shape index (κ2) is 8.20. The Morgan fingerprint density at radius 2 is 1.82 bits per heavy atom. The van der Waals surface area contributed by atoms with Crippen LogP contribution in [0.2, 0.25) is 0 Å². The zero-order valence-electron chi connectivity index (χ0n) is 17.0. The molecule has 1 aromatic carbocycles. The lowest BCUT2D eigenvalue weighted by Crippen LogP contribution is -2.51. The molecule has 28 heavy (non-hydrogen) atoms. The summed E-state index contributed by atoms with van der Waals surface area (Å²) in [5.74, 6) is -0.668. The summed E-state index contributed by atoms with van der Waals surface area (Å²) in [5.41, 5.74) is 3.91. The largest absolute Gasteiger partial charge is 0.369 e. The molecule has 0 bridgehead atoms. The molecule has 1 aliphatic carbocycles. The van der Waals surface area contributed by atoms with Crippen molar-refractivity contribution in [1.29, 1.82) is 0 Å². The summed E-state index contributed by atoms with van der Waals surface area (Å²) < 4.78 is 0. The number of rotatable bonds is 6. The number of hydrazine groups is 1. The van der Waals surface area contributed by atoms with Crippen molar-refractivity contribution in [3.8, 4) is 0 Å². The predicted molar refractivity (Wildman–Crippen MR) is 108 cm³/mol. The molecule has 3 rings (SSSR count). The minimum absolute atomic E-state index is 0.191. The SMILES string of the molecule is Cc1ccc(N(CCC(=O)NN2C(=O)NC3(CCCCC3)C2=O)C(C)C)cc1.